The quantitative estimate of drug-likeness (QED) is 0.727. The second-order valence-corrected chi connectivity index (χ2v) is 7.44. The van der Waals surface area contributed by atoms with E-state index in [1.165, 1.54) is 28.1 Å². The number of aromatic nitrogens is 3. The summed E-state index contributed by atoms with van der Waals surface area (Å²) in [5.41, 5.74) is 1.46. The summed E-state index contributed by atoms with van der Waals surface area (Å²) < 4.78 is 18.4. The Kier molecular flexibility index (Phi) is 6.00. The minimum absolute atomic E-state index is 0.384. The van der Waals surface area contributed by atoms with Crippen molar-refractivity contribution in [1.29, 1.82) is 0 Å². The highest BCUT2D eigenvalue weighted by Crippen LogP contribution is 2.40. The molecule has 0 aliphatic heterocycles. The number of phosphoric acid groups is 1. The topological polar surface area (TPSA) is 107 Å². The van der Waals surface area contributed by atoms with E-state index in [1.807, 2.05) is 24.3 Å². The molecule has 0 unspecified atom stereocenters. The standard InChI is InChI=1S/C16H24N3O5P/c1-5-15(12(4)24-25(21,22)23)19-16(20)18(10-17-19)14-8-6-13(7-9-14)11(2)3/h6-12,15H,5H2,1-4H3,(H2,21,22,23)/t12-,15+/m1/s1. The van der Waals surface area contributed by atoms with Gasteiger partial charge in [-0.3, -0.25) is 4.52 Å². The lowest BCUT2D eigenvalue weighted by molar-refractivity contribution is 0.0962. The summed E-state index contributed by atoms with van der Waals surface area (Å²) in [4.78, 5) is 30.6. The van der Waals surface area contributed by atoms with E-state index in [-0.39, 0.29) is 5.69 Å². The minimum atomic E-state index is -4.64. The largest absolute Gasteiger partial charge is 0.469 e. The minimum Gasteiger partial charge on any atom is -0.303 e. The average Bonchev–Trinajstić information content (AvgIpc) is 2.88. The van der Waals surface area contributed by atoms with Gasteiger partial charge in [-0.05, 0) is 37.0 Å². The summed E-state index contributed by atoms with van der Waals surface area (Å²) in [5.74, 6) is 0.392. The van der Waals surface area contributed by atoms with Crippen LogP contribution in [-0.4, -0.2) is 30.2 Å². The highest BCUT2D eigenvalue weighted by molar-refractivity contribution is 7.46. The highest BCUT2D eigenvalue weighted by Gasteiger charge is 2.28. The second-order valence-electron chi connectivity index (χ2n) is 6.25. The van der Waals surface area contributed by atoms with Crippen LogP contribution in [0.4, 0.5) is 0 Å². The monoisotopic (exact) mass is 369 g/mol. The Labute approximate surface area is 146 Å². The van der Waals surface area contributed by atoms with Crippen molar-refractivity contribution in [3.05, 3.63) is 46.6 Å². The molecule has 2 aromatic rings. The molecule has 9 heteroatoms. The number of rotatable bonds is 7. The number of hydrogen-bond donors (Lipinski definition) is 2. The number of hydrogen-bond acceptors (Lipinski definition) is 4. The van der Waals surface area contributed by atoms with Crippen molar-refractivity contribution in [2.75, 3.05) is 0 Å². The van der Waals surface area contributed by atoms with Crippen molar-refractivity contribution >= 4 is 7.82 Å². The first-order valence-electron chi connectivity index (χ1n) is 8.14. The molecule has 2 N–H and O–H groups in total. The third-order valence-electron chi connectivity index (χ3n) is 4.11. The number of phosphoric ester groups is 1. The normalized spacial score (nSPS) is 14.7. The van der Waals surface area contributed by atoms with Gasteiger partial charge in [-0.15, -0.1) is 0 Å². The third kappa shape index (κ3) is 4.67. The maximum absolute atomic E-state index is 12.7. The Hall–Kier alpha value is -1.73. The zero-order valence-corrected chi connectivity index (χ0v) is 15.6. The summed E-state index contributed by atoms with van der Waals surface area (Å²) in [5, 5.41) is 4.11. The maximum Gasteiger partial charge on any atom is 0.469 e. The first-order valence-corrected chi connectivity index (χ1v) is 9.67. The van der Waals surface area contributed by atoms with Crippen LogP contribution in [0.5, 0.6) is 0 Å². The molecule has 2 atom stereocenters. The first kappa shape index (κ1) is 19.6. The fourth-order valence-electron chi connectivity index (χ4n) is 2.73. The molecule has 0 amide bonds. The van der Waals surface area contributed by atoms with Gasteiger partial charge in [-0.1, -0.05) is 32.9 Å². The van der Waals surface area contributed by atoms with Crippen LogP contribution in [0.15, 0.2) is 35.4 Å². The SMILES string of the molecule is CC[C@@H]([C@@H](C)OP(=O)(O)O)n1ncn(-c2ccc(C(C)C)cc2)c1=O. The van der Waals surface area contributed by atoms with E-state index in [2.05, 4.69) is 18.9 Å². The van der Waals surface area contributed by atoms with Gasteiger partial charge in [0.15, 0.2) is 0 Å². The van der Waals surface area contributed by atoms with Crippen LogP contribution < -0.4 is 5.69 Å². The molecule has 138 valence electrons. The predicted octanol–water partition coefficient (Wildman–Crippen LogP) is 2.61. The van der Waals surface area contributed by atoms with E-state index in [9.17, 15) is 9.36 Å². The summed E-state index contributed by atoms with van der Waals surface area (Å²) in [6, 6.07) is 7.02. The molecule has 0 saturated carbocycles. The van der Waals surface area contributed by atoms with Gasteiger partial charge in [0, 0.05) is 0 Å². The molecule has 0 spiro atoms. The molecular formula is C16H24N3O5P. The van der Waals surface area contributed by atoms with Crippen molar-refractivity contribution in [2.24, 2.45) is 0 Å². The predicted molar refractivity (Wildman–Crippen MR) is 93.8 cm³/mol. The maximum atomic E-state index is 12.7. The van der Waals surface area contributed by atoms with Crippen LogP contribution in [0.25, 0.3) is 5.69 Å². The molecule has 25 heavy (non-hydrogen) atoms. The van der Waals surface area contributed by atoms with Crippen molar-refractivity contribution in [3.8, 4) is 5.69 Å². The lowest BCUT2D eigenvalue weighted by Gasteiger charge is -2.22. The summed E-state index contributed by atoms with van der Waals surface area (Å²) in [6.07, 6.45) is 0.972. The van der Waals surface area contributed by atoms with Crippen molar-refractivity contribution in [1.82, 2.24) is 14.3 Å². The molecule has 0 saturated heterocycles. The lowest BCUT2D eigenvalue weighted by atomic mass is 10.0. The van der Waals surface area contributed by atoms with E-state index < -0.39 is 20.0 Å². The molecule has 1 aromatic heterocycles. The Morgan fingerprint density at radius 3 is 2.28 bits per heavy atom. The smallest absolute Gasteiger partial charge is 0.303 e. The van der Waals surface area contributed by atoms with Crippen LogP contribution in [0.1, 0.15) is 51.6 Å². The third-order valence-corrected chi connectivity index (χ3v) is 4.72. The fraction of sp³-hybridized carbons (Fsp3) is 0.500. The molecule has 0 bridgehead atoms. The average molecular weight is 369 g/mol. The molecule has 2 rings (SSSR count). The molecule has 8 nitrogen and oxygen atoms in total. The summed E-state index contributed by atoms with van der Waals surface area (Å²) >= 11 is 0. The van der Waals surface area contributed by atoms with Gasteiger partial charge < -0.3 is 9.79 Å². The molecule has 0 aliphatic rings. The van der Waals surface area contributed by atoms with Gasteiger partial charge in [0.05, 0.1) is 17.8 Å². The Morgan fingerprint density at radius 2 is 1.80 bits per heavy atom. The highest BCUT2D eigenvalue weighted by atomic mass is 31.2. The zero-order valence-electron chi connectivity index (χ0n) is 14.7. The van der Waals surface area contributed by atoms with Crippen molar-refractivity contribution in [3.63, 3.8) is 0 Å². The van der Waals surface area contributed by atoms with Crippen LogP contribution in [0.2, 0.25) is 0 Å². The van der Waals surface area contributed by atoms with Crippen LogP contribution >= 0.6 is 7.82 Å². The first-order chi connectivity index (χ1) is 11.6. The molecule has 1 heterocycles. The van der Waals surface area contributed by atoms with Crippen LogP contribution in [0.3, 0.4) is 0 Å². The molecule has 0 fully saturated rings. The van der Waals surface area contributed by atoms with Gasteiger partial charge in [0.25, 0.3) is 0 Å². The summed E-state index contributed by atoms with van der Waals surface area (Å²) in [7, 11) is -4.64. The number of nitrogens with zero attached hydrogens (tertiary/aromatic N) is 3. The van der Waals surface area contributed by atoms with E-state index in [0.29, 0.717) is 18.0 Å². The van der Waals surface area contributed by atoms with E-state index in [1.54, 1.807) is 6.92 Å². The molecule has 0 aliphatic carbocycles. The van der Waals surface area contributed by atoms with Gasteiger partial charge in [-0.25, -0.2) is 18.6 Å². The molecule has 1 aromatic carbocycles. The Bertz CT molecular complexity index is 806. The van der Waals surface area contributed by atoms with Crippen LogP contribution in [-0.2, 0) is 9.09 Å². The fourth-order valence-corrected chi connectivity index (χ4v) is 3.31. The molecule has 0 radical (unpaired) electrons. The zero-order chi connectivity index (χ0) is 18.8. The van der Waals surface area contributed by atoms with Gasteiger partial charge >= 0.3 is 13.5 Å². The van der Waals surface area contributed by atoms with E-state index >= 15 is 0 Å². The van der Waals surface area contributed by atoms with E-state index in [4.69, 9.17) is 14.3 Å². The summed E-state index contributed by atoms with van der Waals surface area (Å²) in [6.45, 7) is 7.49. The number of benzene rings is 1. The van der Waals surface area contributed by atoms with Crippen molar-refractivity contribution < 1.29 is 18.9 Å². The van der Waals surface area contributed by atoms with Crippen LogP contribution in [0, 0.1) is 0 Å². The Morgan fingerprint density at radius 1 is 1.20 bits per heavy atom. The molecular weight excluding hydrogens is 345 g/mol. The Balaban J connectivity index is 2.33. The van der Waals surface area contributed by atoms with Gasteiger partial charge in [0.1, 0.15) is 6.33 Å². The lowest BCUT2D eigenvalue weighted by Crippen LogP contribution is -2.33. The second kappa shape index (κ2) is 7.66. The van der Waals surface area contributed by atoms with Crippen molar-refractivity contribution in [2.45, 2.75) is 52.2 Å². The van der Waals surface area contributed by atoms with Gasteiger partial charge in [-0.2, -0.15) is 5.10 Å². The van der Waals surface area contributed by atoms with E-state index in [0.717, 1.165) is 0 Å². The van der Waals surface area contributed by atoms with Gasteiger partial charge in [0.2, 0.25) is 0 Å².